The number of quaternary nitrogens is 1. The van der Waals surface area contributed by atoms with Gasteiger partial charge in [-0.05, 0) is 51.1 Å². The molecule has 0 spiro atoms. The Kier molecular flexibility index (Phi) is 5.88. The van der Waals surface area contributed by atoms with Crippen molar-refractivity contribution in [2.24, 2.45) is 0 Å². The van der Waals surface area contributed by atoms with Crippen LogP contribution in [0.25, 0.3) is 5.69 Å². The second-order valence-electron chi connectivity index (χ2n) is 7.99. The third-order valence-electron chi connectivity index (χ3n) is 5.77. The molecular formula is C26H26N3O3+. The van der Waals surface area contributed by atoms with Crippen molar-refractivity contribution < 1.29 is 19.2 Å². The number of carbonyl (C=O) groups excluding carboxylic acids is 2. The highest BCUT2D eigenvalue weighted by Crippen LogP contribution is 2.26. The lowest BCUT2D eigenvalue weighted by molar-refractivity contribution is -0.796. The van der Waals surface area contributed by atoms with Gasteiger partial charge in [0, 0.05) is 17.3 Å². The van der Waals surface area contributed by atoms with Gasteiger partial charge in [0.15, 0.2) is 0 Å². The van der Waals surface area contributed by atoms with Crippen molar-refractivity contribution >= 4 is 11.7 Å². The number of nitrogens with zero attached hydrogens (tertiary/aromatic N) is 2. The first-order chi connectivity index (χ1) is 15.4. The number of nitrogens with one attached hydrogen (secondary N) is 1. The Morgan fingerprint density at radius 1 is 1.12 bits per heavy atom. The molecule has 0 aliphatic carbocycles. The highest BCUT2D eigenvalue weighted by Gasteiger charge is 2.34. The van der Waals surface area contributed by atoms with Crippen molar-refractivity contribution in [1.29, 1.82) is 0 Å². The van der Waals surface area contributed by atoms with Crippen LogP contribution in [0.4, 0.5) is 0 Å². The number of Topliss-reactive ketones (excluding diaryl/α,β-unsaturated/α-hetero) is 1. The van der Waals surface area contributed by atoms with Gasteiger partial charge < -0.3 is 9.30 Å². The number of allylic oxidation sites excluding steroid dienone is 2. The lowest BCUT2D eigenvalue weighted by Gasteiger charge is -2.23. The predicted octanol–water partition coefficient (Wildman–Crippen LogP) is 3.31. The number of rotatable bonds is 6. The summed E-state index contributed by atoms with van der Waals surface area (Å²) in [5.74, 6) is -0.0247. The maximum absolute atomic E-state index is 13.3. The molecule has 0 radical (unpaired) electrons. The molecule has 162 valence electrons. The van der Waals surface area contributed by atoms with Crippen molar-refractivity contribution in [3.63, 3.8) is 0 Å². The molecule has 2 atom stereocenters. The number of aromatic nitrogens is 2. The number of carbonyl (C=O) groups is 2. The van der Waals surface area contributed by atoms with Gasteiger partial charge in [0.2, 0.25) is 5.78 Å². The molecule has 0 saturated carbocycles. The number of ether oxygens (including phenoxy) is 1. The van der Waals surface area contributed by atoms with E-state index >= 15 is 0 Å². The quantitative estimate of drug-likeness (QED) is 0.483. The molecule has 1 aliphatic rings. The van der Waals surface area contributed by atoms with E-state index in [0.29, 0.717) is 16.2 Å². The monoisotopic (exact) mass is 428 g/mol. The Balaban J connectivity index is 1.60. The van der Waals surface area contributed by atoms with Crippen molar-refractivity contribution in [3.05, 3.63) is 101 Å². The van der Waals surface area contributed by atoms with Gasteiger partial charge in [0.05, 0.1) is 24.8 Å². The van der Waals surface area contributed by atoms with E-state index in [4.69, 9.17) is 4.74 Å². The van der Waals surface area contributed by atoms with Crippen LogP contribution in [0.15, 0.2) is 78.9 Å². The molecule has 2 unspecified atom stereocenters. The summed E-state index contributed by atoms with van der Waals surface area (Å²) in [7, 11) is 1.56. The van der Waals surface area contributed by atoms with E-state index < -0.39 is 0 Å². The third kappa shape index (κ3) is 4.05. The van der Waals surface area contributed by atoms with Gasteiger partial charge in [-0.1, -0.05) is 29.8 Å². The summed E-state index contributed by atoms with van der Waals surface area (Å²) >= 11 is 0. The number of methoxy groups -OCH3 is 1. The first kappa shape index (κ1) is 21.5. The minimum Gasteiger partial charge on any atom is -0.495 e. The SMILES string of the molecule is COc1cc(C(=O)C2=CC=C[NH+](C(C)c3ccc(C)cc3)C2=O)ccc1-n1cnc(C)c1. The number of imidazole rings is 1. The van der Waals surface area contributed by atoms with Crippen LogP contribution in [0.5, 0.6) is 5.75 Å². The summed E-state index contributed by atoms with van der Waals surface area (Å²) in [6.45, 7) is 5.92. The normalized spacial score (nSPS) is 16.6. The van der Waals surface area contributed by atoms with Gasteiger partial charge >= 0.3 is 5.91 Å². The molecule has 1 aliphatic heterocycles. The first-order valence-corrected chi connectivity index (χ1v) is 10.5. The van der Waals surface area contributed by atoms with Crippen LogP contribution >= 0.6 is 0 Å². The average Bonchev–Trinajstić information content (AvgIpc) is 3.24. The number of amides is 1. The number of aryl methyl sites for hydroxylation is 2. The Bertz CT molecular complexity index is 1240. The van der Waals surface area contributed by atoms with Gasteiger partial charge in [0.25, 0.3) is 0 Å². The van der Waals surface area contributed by atoms with Crippen molar-refractivity contribution in [2.45, 2.75) is 26.8 Å². The molecule has 1 aromatic heterocycles. The number of ketones is 1. The molecule has 4 rings (SSSR count). The molecule has 1 amide bonds. The van der Waals surface area contributed by atoms with E-state index in [1.165, 1.54) is 0 Å². The summed E-state index contributed by atoms with van der Waals surface area (Å²) in [6, 6.07) is 13.2. The van der Waals surface area contributed by atoms with Gasteiger partial charge in [-0.15, -0.1) is 0 Å². The van der Waals surface area contributed by atoms with Crippen LogP contribution in [-0.4, -0.2) is 28.4 Å². The Morgan fingerprint density at radius 3 is 2.53 bits per heavy atom. The number of hydrogen-bond acceptors (Lipinski definition) is 4. The van der Waals surface area contributed by atoms with Crippen LogP contribution in [0.3, 0.4) is 0 Å². The van der Waals surface area contributed by atoms with E-state index in [-0.39, 0.29) is 23.3 Å². The Morgan fingerprint density at radius 2 is 1.88 bits per heavy atom. The minimum atomic E-state index is -0.320. The second kappa shape index (κ2) is 8.77. The summed E-state index contributed by atoms with van der Waals surface area (Å²) in [5.41, 5.74) is 4.42. The zero-order valence-electron chi connectivity index (χ0n) is 18.6. The van der Waals surface area contributed by atoms with Crippen molar-refractivity contribution in [2.75, 3.05) is 7.11 Å². The van der Waals surface area contributed by atoms with E-state index in [2.05, 4.69) is 4.98 Å². The summed E-state index contributed by atoms with van der Waals surface area (Å²) < 4.78 is 7.36. The lowest BCUT2D eigenvalue weighted by Crippen LogP contribution is -3.11. The molecule has 32 heavy (non-hydrogen) atoms. The van der Waals surface area contributed by atoms with Gasteiger partial charge in [-0.25, -0.2) is 14.7 Å². The molecule has 2 aromatic carbocycles. The van der Waals surface area contributed by atoms with E-state index in [9.17, 15) is 9.59 Å². The highest BCUT2D eigenvalue weighted by atomic mass is 16.5. The van der Waals surface area contributed by atoms with E-state index in [1.54, 1.807) is 50.0 Å². The fourth-order valence-electron chi connectivity index (χ4n) is 3.85. The minimum absolute atomic E-state index is 0.114. The van der Waals surface area contributed by atoms with Gasteiger partial charge in [-0.3, -0.25) is 4.79 Å². The summed E-state index contributed by atoms with van der Waals surface area (Å²) in [5, 5.41) is 0. The second-order valence-corrected chi connectivity index (χ2v) is 7.99. The maximum Gasteiger partial charge on any atom is 0.353 e. The van der Waals surface area contributed by atoms with Crippen LogP contribution in [-0.2, 0) is 4.79 Å². The van der Waals surface area contributed by atoms with E-state index in [0.717, 1.165) is 22.5 Å². The maximum atomic E-state index is 13.3. The van der Waals surface area contributed by atoms with Crippen molar-refractivity contribution in [1.82, 2.24) is 9.55 Å². The fraction of sp³-hybridized carbons (Fsp3) is 0.192. The largest absolute Gasteiger partial charge is 0.495 e. The van der Waals surface area contributed by atoms with Crippen LogP contribution in [0.1, 0.15) is 40.1 Å². The van der Waals surface area contributed by atoms with Crippen molar-refractivity contribution in [3.8, 4) is 11.4 Å². The Hall–Kier alpha value is -3.77. The van der Waals surface area contributed by atoms with Gasteiger partial charge in [-0.2, -0.15) is 0 Å². The van der Waals surface area contributed by atoms with Crippen LogP contribution in [0.2, 0.25) is 0 Å². The smallest absolute Gasteiger partial charge is 0.353 e. The van der Waals surface area contributed by atoms with Gasteiger partial charge in [0.1, 0.15) is 23.6 Å². The zero-order valence-corrected chi connectivity index (χ0v) is 18.6. The molecule has 0 bridgehead atoms. The molecule has 1 N–H and O–H groups in total. The average molecular weight is 429 g/mol. The standard InChI is InChI=1S/C26H25N3O3/c1-17-7-9-20(10-8-17)19(3)29-13-5-6-22(26(29)31)25(30)21-11-12-23(24(14-21)32-4)28-15-18(2)27-16-28/h5-16,19H,1-4H3/p+1. The molecule has 6 heteroatoms. The molecular weight excluding hydrogens is 402 g/mol. The molecule has 2 heterocycles. The summed E-state index contributed by atoms with van der Waals surface area (Å²) in [6.07, 6.45) is 8.74. The molecule has 6 nitrogen and oxygen atoms in total. The Labute approximate surface area is 187 Å². The topological polar surface area (TPSA) is 65.6 Å². The predicted molar refractivity (Wildman–Crippen MR) is 122 cm³/mol. The van der Waals surface area contributed by atoms with E-state index in [1.807, 2.05) is 55.8 Å². The number of benzene rings is 2. The van der Waals surface area contributed by atoms with Crippen LogP contribution < -0.4 is 9.64 Å². The molecule has 3 aromatic rings. The lowest BCUT2D eigenvalue weighted by atomic mass is 9.97. The molecule has 0 fully saturated rings. The molecule has 0 saturated heterocycles. The highest BCUT2D eigenvalue weighted by molar-refractivity contribution is 6.24. The first-order valence-electron chi connectivity index (χ1n) is 10.5. The number of hydrogen-bond donors (Lipinski definition) is 1. The third-order valence-corrected chi connectivity index (χ3v) is 5.77. The zero-order chi connectivity index (χ0) is 22.8. The summed E-state index contributed by atoms with van der Waals surface area (Å²) in [4.78, 5) is 31.4. The fourth-order valence-corrected chi connectivity index (χ4v) is 3.85. The van der Waals surface area contributed by atoms with Crippen LogP contribution in [0, 0.1) is 13.8 Å².